The summed E-state index contributed by atoms with van der Waals surface area (Å²) in [6.45, 7) is 10.4. The maximum absolute atomic E-state index is 12.2. The first-order valence-electron chi connectivity index (χ1n) is 4.86. The van der Waals surface area contributed by atoms with Crippen LogP contribution in [-0.2, 0) is 23.2 Å². The van der Waals surface area contributed by atoms with Gasteiger partial charge in [-0.25, -0.2) is 9.45 Å². The zero-order valence-corrected chi connectivity index (χ0v) is 12.2. The fourth-order valence-corrected chi connectivity index (χ4v) is 2.53. The van der Waals surface area contributed by atoms with Crippen LogP contribution in [0.1, 0.15) is 41.5 Å². The molecule has 0 aliphatic carbocycles. The molecule has 0 rings (SSSR count). The van der Waals surface area contributed by atoms with Crippen LogP contribution in [0.2, 0.25) is 0 Å². The number of hydrogen-bond acceptors (Lipinski definition) is 5. The topological polar surface area (TPSA) is 54.0 Å². The quantitative estimate of drug-likeness (QED) is 0.330. The van der Waals surface area contributed by atoms with Crippen LogP contribution < -0.4 is 0 Å². The van der Waals surface area contributed by atoms with E-state index >= 15 is 0 Å². The van der Waals surface area contributed by atoms with Crippen molar-refractivity contribution < 1.29 is 23.2 Å². The van der Waals surface area contributed by atoms with Gasteiger partial charge in [-0.2, -0.15) is 0 Å². The molecule has 0 saturated heterocycles. The molecule has 0 amide bonds. The molecule has 0 aliphatic heterocycles. The van der Waals surface area contributed by atoms with E-state index < -0.39 is 19.0 Å². The van der Waals surface area contributed by atoms with Crippen LogP contribution >= 0.6 is 19.4 Å². The van der Waals surface area contributed by atoms with Gasteiger partial charge in [0.25, 0.3) is 0 Å². The molecular weight excluding hydrogens is 255 g/mol. The Labute approximate surface area is 102 Å². The van der Waals surface area contributed by atoms with E-state index in [9.17, 15) is 4.57 Å². The van der Waals surface area contributed by atoms with Gasteiger partial charge in [-0.1, -0.05) is 11.6 Å². The molecule has 0 aliphatic rings. The maximum Gasteiger partial charge on any atom is 0.503 e. The van der Waals surface area contributed by atoms with Gasteiger partial charge in [-0.15, -0.1) is 4.67 Å². The first-order valence-corrected chi connectivity index (χ1v) is 6.86. The molecule has 0 atom stereocenters. The fraction of sp³-hybridized carbons (Fsp3) is 1.00. The number of phosphoric ester groups is 1. The van der Waals surface area contributed by atoms with Crippen LogP contribution in [0, 0.1) is 0 Å². The van der Waals surface area contributed by atoms with Gasteiger partial charge in [0.1, 0.15) is 0 Å². The highest BCUT2D eigenvalue weighted by molar-refractivity contribution is 7.48. The predicted molar refractivity (Wildman–Crippen MR) is 62.2 cm³/mol. The molecule has 0 radical (unpaired) electrons. The van der Waals surface area contributed by atoms with Gasteiger partial charge in [-0.05, 0) is 41.5 Å². The predicted octanol–water partition coefficient (Wildman–Crippen LogP) is 3.87. The van der Waals surface area contributed by atoms with Crippen molar-refractivity contribution in [2.45, 2.75) is 52.7 Å². The SMILES string of the molecule is CC(C)(C)OP(=O)(OOCCl)OC(C)(C)C. The number of hydrogen-bond donors (Lipinski definition) is 0. The first-order chi connectivity index (χ1) is 6.97. The molecule has 0 saturated carbocycles. The molecule has 0 N–H and O–H groups in total. The van der Waals surface area contributed by atoms with E-state index in [1.54, 1.807) is 41.5 Å². The van der Waals surface area contributed by atoms with E-state index in [1.807, 2.05) is 0 Å². The summed E-state index contributed by atoms with van der Waals surface area (Å²) >= 11 is 5.27. The van der Waals surface area contributed by atoms with Gasteiger partial charge in [0, 0.05) is 0 Å². The lowest BCUT2D eigenvalue weighted by Gasteiger charge is -2.29. The lowest BCUT2D eigenvalue weighted by molar-refractivity contribution is -0.219. The van der Waals surface area contributed by atoms with E-state index in [0.717, 1.165) is 0 Å². The summed E-state index contributed by atoms with van der Waals surface area (Å²) in [7, 11) is -3.79. The van der Waals surface area contributed by atoms with Crippen LogP contribution in [0.15, 0.2) is 0 Å². The largest absolute Gasteiger partial charge is 0.503 e. The van der Waals surface area contributed by atoms with Crippen molar-refractivity contribution >= 4 is 19.4 Å². The number of phosphoric acid groups is 1. The summed E-state index contributed by atoms with van der Waals surface area (Å²) in [5, 5.41) is 0. The number of halogens is 1. The Bertz CT molecular complexity index is 236. The molecule has 0 aromatic carbocycles. The number of rotatable bonds is 5. The van der Waals surface area contributed by atoms with Crippen LogP contribution in [-0.4, -0.2) is 17.3 Å². The molecule has 0 heterocycles. The zero-order chi connectivity index (χ0) is 13.0. The third kappa shape index (κ3) is 8.50. The summed E-state index contributed by atoms with van der Waals surface area (Å²) in [5.41, 5.74) is -1.37. The van der Waals surface area contributed by atoms with Crippen LogP contribution in [0.25, 0.3) is 0 Å². The Kier molecular flexibility index (Phi) is 5.93. The zero-order valence-electron chi connectivity index (χ0n) is 10.6. The monoisotopic (exact) mass is 274 g/mol. The highest BCUT2D eigenvalue weighted by atomic mass is 35.5. The standard InChI is InChI=1S/C9H20ClO5P/c1-8(2,3)13-16(11,15-12-7-10)14-9(4,5)6/h7H2,1-6H3. The maximum atomic E-state index is 12.2. The fourth-order valence-electron chi connectivity index (χ4n) is 0.804. The van der Waals surface area contributed by atoms with Gasteiger partial charge >= 0.3 is 7.82 Å². The number of alkyl halides is 1. The van der Waals surface area contributed by atoms with E-state index in [2.05, 4.69) is 9.56 Å². The van der Waals surface area contributed by atoms with E-state index in [4.69, 9.17) is 20.6 Å². The van der Waals surface area contributed by atoms with Crippen molar-refractivity contribution in [3.05, 3.63) is 0 Å². The molecule has 0 aromatic rings. The Hall–Kier alpha value is 0.360. The molecule has 7 heteroatoms. The summed E-state index contributed by atoms with van der Waals surface area (Å²) in [5.74, 6) is 0. The van der Waals surface area contributed by atoms with E-state index in [1.165, 1.54) is 0 Å². The Morgan fingerprint density at radius 2 is 1.38 bits per heavy atom. The molecule has 0 spiro atoms. The third-order valence-electron chi connectivity index (χ3n) is 0.960. The van der Waals surface area contributed by atoms with Crippen molar-refractivity contribution in [1.29, 1.82) is 0 Å². The molecule has 0 unspecified atom stereocenters. The molecule has 16 heavy (non-hydrogen) atoms. The third-order valence-corrected chi connectivity index (χ3v) is 2.88. The molecular formula is C9H20ClO5P. The second-order valence-electron chi connectivity index (χ2n) is 5.16. The molecule has 0 bridgehead atoms. The lowest BCUT2D eigenvalue weighted by atomic mass is 10.2. The van der Waals surface area contributed by atoms with Gasteiger partial charge in [-0.3, -0.25) is 9.05 Å². The van der Waals surface area contributed by atoms with Crippen LogP contribution in [0.4, 0.5) is 0 Å². The normalized spacial score (nSPS) is 14.2. The molecule has 5 nitrogen and oxygen atoms in total. The Morgan fingerprint density at radius 3 is 1.62 bits per heavy atom. The Balaban J connectivity index is 4.69. The van der Waals surface area contributed by atoms with E-state index in [-0.39, 0.29) is 6.07 Å². The van der Waals surface area contributed by atoms with Crippen molar-refractivity contribution in [1.82, 2.24) is 0 Å². The Morgan fingerprint density at radius 1 is 1.00 bits per heavy atom. The second kappa shape index (κ2) is 5.80. The van der Waals surface area contributed by atoms with Gasteiger partial charge < -0.3 is 0 Å². The minimum Gasteiger partial charge on any atom is -0.279 e. The van der Waals surface area contributed by atoms with Crippen molar-refractivity contribution in [2.75, 3.05) is 6.07 Å². The molecule has 0 fully saturated rings. The van der Waals surface area contributed by atoms with Crippen molar-refractivity contribution in [3.63, 3.8) is 0 Å². The molecule has 0 aromatic heterocycles. The summed E-state index contributed by atoms with van der Waals surface area (Å²) in [6, 6.07) is -0.259. The summed E-state index contributed by atoms with van der Waals surface area (Å²) in [4.78, 5) is 4.44. The van der Waals surface area contributed by atoms with E-state index in [0.29, 0.717) is 0 Å². The average Bonchev–Trinajstić information content (AvgIpc) is 1.93. The first kappa shape index (κ1) is 16.4. The van der Waals surface area contributed by atoms with Crippen LogP contribution in [0.3, 0.4) is 0 Å². The van der Waals surface area contributed by atoms with Gasteiger partial charge in [0.05, 0.1) is 11.2 Å². The lowest BCUT2D eigenvalue weighted by Crippen LogP contribution is -2.24. The van der Waals surface area contributed by atoms with Crippen LogP contribution in [0.5, 0.6) is 0 Å². The minimum atomic E-state index is -3.79. The highest BCUT2D eigenvalue weighted by Crippen LogP contribution is 2.55. The second-order valence-corrected chi connectivity index (χ2v) is 6.78. The summed E-state index contributed by atoms with van der Waals surface area (Å²) < 4.78 is 27.2. The van der Waals surface area contributed by atoms with Gasteiger partial charge in [0.2, 0.25) is 0 Å². The van der Waals surface area contributed by atoms with Crippen molar-refractivity contribution in [3.8, 4) is 0 Å². The average molecular weight is 275 g/mol. The van der Waals surface area contributed by atoms with Crippen molar-refractivity contribution in [2.24, 2.45) is 0 Å². The van der Waals surface area contributed by atoms with Gasteiger partial charge in [0.15, 0.2) is 6.07 Å². The highest BCUT2D eigenvalue weighted by Gasteiger charge is 2.38. The minimum absolute atomic E-state index is 0.259. The smallest absolute Gasteiger partial charge is 0.279 e. The molecule has 98 valence electrons. The summed E-state index contributed by atoms with van der Waals surface area (Å²) in [6.07, 6.45) is 0.